The maximum atomic E-state index is 13.4. The third kappa shape index (κ3) is 2.99. The van der Waals surface area contributed by atoms with Crippen LogP contribution in [0, 0.1) is 6.92 Å². The molecule has 1 unspecified atom stereocenters. The summed E-state index contributed by atoms with van der Waals surface area (Å²) >= 11 is 0. The highest BCUT2D eigenvalue weighted by atomic mass is 16.4. The van der Waals surface area contributed by atoms with E-state index in [2.05, 4.69) is 5.32 Å². The zero-order valence-corrected chi connectivity index (χ0v) is 17.1. The van der Waals surface area contributed by atoms with Gasteiger partial charge in [-0.1, -0.05) is 60.2 Å². The molecule has 1 aliphatic rings. The van der Waals surface area contributed by atoms with E-state index in [0.29, 0.717) is 16.7 Å². The molecular formula is C25H20N2O4. The lowest BCUT2D eigenvalue weighted by atomic mass is 9.91. The minimum Gasteiger partial charge on any atom is -0.423 e. The van der Waals surface area contributed by atoms with Gasteiger partial charge in [0.2, 0.25) is 0 Å². The predicted molar refractivity (Wildman–Crippen MR) is 118 cm³/mol. The summed E-state index contributed by atoms with van der Waals surface area (Å²) in [6, 6.07) is 19.7. The van der Waals surface area contributed by atoms with Crippen molar-refractivity contribution in [1.82, 2.24) is 10.2 Å². The number of amides is 3. The molecule has 3 amide bonds. The van der Waals surface area contributed by atoms with Crippen LogP contribution in [0.4, 0.5) is 4.79 Å². The average Bonchev–Trinajstić information content (AvgIpc) is 2.97. The number of urea groups is 1. The van der Waals surface area contributed by atoms with Crippen LogP contribution in [-0.2, 0) is 16.9 Å². The Balaban J connectivity index is 1.61. The van der Waals surface area contributed by atoms with Crippen molar-refractivity contribution in [3.63, 3.8) is 0 Å². The highest BCUT2D eigenvalue weighted by Crippen LogP contribution is 2.32. The molecular weight excluding hydrogens is 392 g/mol. The Morgan fingerprint density at radius 3 is 2.48 bits per heavy atom. The molecule has 0 radical (unpaired) electrons. The second kappa shape index (κ2) is 6.80. The minimum atomic E-state index is -1.16. The Labute approximate surface area is 178 Å². The van der Waals surface area contributed by atoms with Crippen molar-refractivity contribution in [2.24, 2.45) is 0 Å². The molecule has 1 atom stereocenters. The molecule has 0 bridgehead atoms. The third-order valence-electron chi connectivity index (χ3n) is 5.95. The number of nitrogens with one attached hydrogen (secondary N) is 1. The summed E-state index contributed by atoms with van der Waals surface area (Å²) in [5.41, 5.74) is 1.08. The Kier molecular flexibility index (Phi) is 4.18. The first kappa shape index (κ1) is 19.1. The van der Waals surface area contributed by atoms with E-state index >= 15 is 0 Å². The Morgan fingerprint density at radius 2 is 1.71 bits per heavy atom. The number of rotatable bonds is 3. The molecule has 2 heterocycles. The molecule has 5 rings (SSSR count). The van der Waals surface area contributed by atoms with Crippen LogP contribution in [0.3, 0.4) is 0 Å². The number of benzene rings is 3. The van der Waals surface area contributed by atoms with Crippen LogP contribution in [0.1, 0.15) is 23.6 Å². The number of imide groups is 1. The van der Waals surface area contributed by atoms with Gasteiger partial charge in [0.05, 0.1) is 6.54 Å². The van der Waals surface area contributed by atoms with Gasteiger partial charge in [-0.3, -0.25) is 9.69 Å². The summed E-state index contributed by atoms with van der Waals surface area (Å²) in [7, 11) is 0. The highest BCUT2D eigenvalue weighted by Gasteiger charge is 2.49. The molecule has 31 heavy (non-hydrogen) atoms. The van der Waals surface area contributed by atoms with E-state index in [1.807, 2.05) is 61.5 Å². The van der Waals surface area contributed by atoms with Crippen molar-refractivity contribution in [1.29, 1.82) is 0 Å². The quantitative estimate of drug-likeness (QED) is 0.310. The number of aryl methyl sites for hydroxylation is 1. The second-order valence-corrected chi connectivity index (χ2v) is 8.06. The monoisotopic (exact) mass is 412 g/mol. The molecule has 0 saturated carbocycles. The fourth-order valence-corrected chi connectivity index (χ4v) is 4.24. The van der Waals surface area contributed by atoms with E-state index in [1.165, 1.54) is 6.07 Å². The molecule has 3 aromatic carbocycles. The standard InChI is InChI=1S/C25H20N2O4/c1-15-7-10-18(11-8-15)25(2)23(29)27(24(30)26-25)14-17-13-21(28)31-20-12-9-16-5-3-4-6-19(16)22(17)20/h3-13H,14H2,1-2H3,(H,26,30). The lowest BCUT2D eigenvalue weighted by Crippen LogP contribution is -2.40. The van der Waals surface area contributed by atoms with Crippen LogP contribution in [0.25, 0.3) is 21.7 Å². The molecule has 1 N–H and O–H groups in total. The van der Waals surface area contributed by atoms with Crippen molar-refractivity contribution < 1.29 is 14.0 Å². The van der Waals surface area contributed by atoms with E-state index < -0.39 is 17.2 Å². The number of fused-ring (bicyclic) bond motifs is 3. The van der Waals surface area contributed by atoms with Crippen LogP contribution in [0.5, 0.6) is 0 Å². The molecule has 1 aliphatic heterocycles. The Morgan fingerprint density at radius 1 is 0.968 bits per heavy atom. The van der Waals surface area contributed by atoms with Gasteiger partial charge in [-0.05, 0) is 41.8 Å². The topological polar surface area (TPSA) is 79.6 Å². The number of carbonyl (C=O) groups is 2. The third-order valence-corrected chi connectivity index (χ3v) is 5.95. The zero-order chi connectivity index (χ0) is 21.8. The molecule has 1 aromatic heterocycles. The van der Waals surface area contributed by atoms with Crippen LogP contribution in [0.15, 0.2) is 75.9 Å². The van der Waals surface area contributed by atoms with Crippen molar-refractivity contribution in [3.8, 4) is 0 Å². The van der Waals surface area contributed by atoms with Crippen LogP contribution in [0.2, 0.25) is 0 Å². The van der Waals surface area contributed by atoms with Crippen molar-refractivity contribution >= 4 is 33.7 Å². The first-order valence-corrected chi connectivity index (χ1v) is 10.0. The maximum absolute atomic E-state index is 13.4. The minimum absolute atomic E-state index is 0.0256. The number of nitrogens with zero attached hydrogens (tertiary/aromatic N) is 1. The molecule has 6 nitrogen and oxygen atoms in total. The molecule has 1 fully saturated rings. The van der Waals surface area contributed by atoms with Crippen molar-refractivity contribution in [2.45, 2.75) is 25.9 Å². The van der Waals surface area contributed by atoms with Gasteiger partial charge in [0.15, 0.2) is 0 Å². The van der Waals surface area contributed by atoms with E-state index in [1.54, 1.807) is 13.0 Å². The van der Waals surface area contributed by atoms with Crippen LogP contribution in [-0.4, -0.2) is 16.8 Å². The van der Waals surface area contributed by atoms with Gasteiger partial charge in [0.25, 0.3) is 5.91 Å². The van der Waals surface area contributed by atoms with Gasteiger partial charge in [-0.15, -0.1) is 0 Å². The van der Waals surface area contributed by atoms with Gasteiger partial charge in [-0.25, -0.2) is 9.59 Å². The second-order valence-electron chi connectivity index (χ2n) is 8.06. The average molecular weight is 412 g/mol. The van der Waals surface area contributed by atoms with E-state index in [4.69, 9.17) is 4.42 Å². The summed E-state index contributed by atoms with van der Waals surface area (Å²) in [5.74, 6) is -0.358. The van der Waals surface area contributed by atoms with Crippen LogP contribution >= 0.6 is 0 Å². The molecule has 0 spiro atoms. The lowest BCUT2D eigenvalue weighted by Gasteiger charge is -2.22. The molecule has 0 aliphatic carbocycles. The Hall–Kier alpha value is -3.93. The Bertz CT molecular complexity index is 1420. The molecule has 4 aromatic rings. The van der Waals surface area contributed by atoms with Crippen LogP contribution < -0.4 is 10.9 Å². The van der Waals surface area contributed by atoms with E-state index in [9.17, 15) is 14.4 Å². The SMILES string of the molecule is Cc1ccc(C2(C)NC(=O)N(Cc3cc(=O)oc4ccc5ccccc5c34)C2=O)cc1. The van der Waals surface area contributed by atoms with Gasteiger partial charge < -0.3 is 9.73 Å². The molecule has 154 valence electrons. The smallest absolute Gasteiger partial charge is 0.336 e. The molecule has 1 saturated heterocycles. The van der Waals surface area contributed by atoms with Gasteiger partial charge >= 0.3 is 11.7 Å². The van der Waals surface area contributed by atoms with Gasteiger partial charge in [0.1, 0.15) is 11.1 Å². The van der Waals surface area contributed by atoms with E-state index in [-0.39, 0.29) is 12.5 Å². The normalized spacial score (nSPS) is 18.7. The summed E-state index contributed by atoms with van der Waals surface area (Å²) < 4.78 is 5.39. The lowest BCUT2D eigenvalue weighted by molar-refractivity contribution is -0.131. The van der Waals surface area contributed by atoms with Crippen molar-refractivity contribution in [2.75, 3.05) is 0 Å². The maximum Gasteiger partial charge on any atom is 0.336 e. The summed E-state index contributed by atoms with van der Waals surface area (Å²) in [5, 5.41) is 5.42. The molecule has 6 heteroatoms. The van der Waals surface area contributed by atoms with Gasteiger partial charge in [0, 0.05) is 11.5 Å². The van der Waals surface area contributed by atoms with Crippen molar-refractivity contribution in [3.05, 3.63) is 93.8 Å². The number of hydrogen-bond donors (Lipinski definition) is 1. The summed E-state index contributed by atoms with van der Waals surface area (Å²) in [6.07, 6.45) is 0. The first-order chi connectivity index (χ1) is 14.9. The number of carbonyl (C=O) groups excluding carboxylic acids is 2. The fraction of sp³-hybridized carbons (Fsp3) is 0.160. The largest absolute Gasteiger partial charge is 0.423 e. The zero-order valence-electron chi connectivity index (χ0n) is 17.1. The summed E-state index contributed by atoms with van der Waals surface area (Å²) in [6.45, 7) is 3.64. The predicted octanol–water partition coefficient (Wildman–Crippen LogP) is 4.22. The fourth-order valence-electron chi connectivity index (χ4n) is 4.24. The summed E-state index contributed by atoms with van der Waals surface area (Å²) in [4.78, 5) is 39.5. The highest BCUT2D eigenvalue weighted by molar-refractivity contribution is 6.09. The van der Waals surface area contributed by atoms with Gasteiger partial charge in [-0.2, -0.15) is 0 Å². The number of hydrogen-bond acceptors (Lipinski definition) is 4. The first-order valence-electron chi connectivity index (χ1n) is 10.0. The van der Waals surface area contributed by atoms with E-state index in [0.717, 1.165) is 26.6 Å².